The van der Waals surface area contributed by atoms with Crippen molar-refractivity contribution in [1.82, 2.24) is 19.7 Å². The molecule has 1 saturated heterocycles. The van der Waals surface area contributed by atoms with E-state index >= 15 is 0 Å². The highest BCUT2D eigenvalue weighted by molar-refractivity contribution is 5.94. The highest BCUT2D eigenvalue weighted by atomic mass is 16.2. The molecule has 2 N–H and O–H groups in total. The number of aromatic nitrogens is 3. The molecule has 1 aliphatic heterocycles. The maximum absolute atomic E-state index is 12.6. The van der Waals surface area contributed by atoms with Gasteiger partial charge in [-0.05, 0) is 50.1 Å². The molecule has 0 aliphatic carbocycles. The van der Waals surface area contributed by atoms with Crippen molar-refractivity contribution in [3.05, 3.63) is 42.5 Å². The second-order valence-electron chi connectivity index (χ2n) is 5.53. The Bertz CT molecular complexity index is 608. The molecule has 1 fully saturated rings. The molecule has 0 spiro atoms. The second-order valence-corrected chi connectivity index (χ2v) is 5.53. The maximum Gasteiger partial charge on any atom is 0.254 e. The van der Waals surface area contributed by atoms with Gasteiger partial charge in [0, 0.05) is 18.2 Å². The number of hydrogen-bond donors (Lipinski definition) is 1. The minimum Gasteiger partial charge on any atom is -0.336 e. The van der Waals surface area contributed by atoms with Crippen molar-refractivity contribution in [2.75, 3.05) is 13.1 Å². The molecular formula is C15H19N5O. The monoisotopic (exact) mass is 285 g/mol. The molecule has 2 atom stereocenters. The average molecular weight is 285 g/mol. The van der Waals surface area contributed by atoms with Crippen LogP contribution in [0.4, 0.5) is 0 Å². The molecule has 0 radical (unpaired) electrons. The smallest absolute Gasteiger partial charge is 0.254 e. The van der Waals surface area contributed by atoms with Gasteiger partial charge in [0.25, 0.3) is 5.91 Å². The summed E-state index contributed by atoms with van der Waals surface area (Å²) in [5.41, 5.74) is 7.30. The van der Waals surface area contributed by atoms with E-state index in [-0.39, 0.29) is 11.9 Å². The van der Waals surface area contributed by atoms with Gasteiger partial charge < -0.3 is 10.6 Å². The van der Waals surface area contributed by atoms with Gasteiger partial charge in [-0.1, -0.05) is 0 Å². The molecule has 1 amide bonds. The quantitative estimate of drug-likeness (QED) is 0.915. The third-order valence-electron chi connectivity index (χ3n) is 4.05. The number of hydrogen-bond acceptors (Lipinski definition) is 4. The van der Waals surface area contributed by atoms with E-state index in [1.54, 1.807) is 11.0 Å². The summed E-state index contributed by atoms with van der Waals surface area (Å²) < 4.78 is 1.66. The Morgan fingerprint density at radius 1 is 1.38 bits per heavy atom. The molecule has 2 heterocycles. The molecule has 1 aromatic carbocycles. The normalized spacial score (nSPS) is 21.7. The summed E-state index contributed by atoms with van der Waals surface area (Å²) in [6, 6.07) is 7.68. The third-order valence-corrected chi connectivity index (χ3v) is 4.05. The van der Waals surface area contributed by atoms with E-state index in [1.165, 1.54) is 6.33 Å². The van der Waals surface area contributed by atoms with Crippen molar-refractivity contribution >= 4 is 5.91 Å². The standard InChI is InChI=1S/C15H19N5O/c1-11-6-12(7-16)8-19(11)15(21)13-2-4-14(5-3-13)20-10-17-9-18-20/h2-5,9-12H,6-8,16H2,1H3. The molecular weight excluding hydrogens is 266 g/mol. The molecule has 6 nitrogen and oxygen atoms in total. The van der Waals surface area contributed by atoms with Crippen molar-refractivity contribution in [2.24, 2.45) is 11.7 Å². The Morgan fingerprint density at radius 2 is 2.14 bits per heavy atom. The molecule has 0 saturated carbocycles. The number of likely N-dealkylation sites (tertiary alicyclic amines) is 1. The van der Waals surface area contributed by atoms with Crippen LogP contribution in [0.15, 0.2) is 36.9 Å². The van der Waals surface area contributed by atoms with Crippen LogP contribution in [-0.2, 0) is 0 Å². The van der Waals surface area contributed by atoms with Crippen LogP contribution in [0.25, 0.3) is 5.69 Å². The summed E-state index contributed by atoms with van der Waals surface area (Å²) in [5, 5.41) is 4.07. The lowest BCUT2D eigenvalue weighted by Crippen LogP contribution is -2.34. The van der Waals surface area contributed by atoms with E-state index in [1.807, 2.05) is 29.2 Å². The lowest BCUT2D eigenvalue weighted by molar-refractivity contribution is 0.0743. The Balaban J connectivity index is 1.76. The Kier molecular flexibility index (Phi) is 3.70. The van der Waals surface area contributed by atoms with Crippen LogP contribution in [-0.4, -0.2) is 44.7 Å². The molecule has 2 unspecified atom stereocenters. The van der Waals surface area contributed by atoms with Crippen molar-refractivity contribution < 1.29 is 4.79 Å². The fourth-order valence-corrected chi connectivity index (χ4v) is 2.86. The third kappa shape index (κ3) is 2.67. The summed E-state index contributed by atoms with van der Waals surface area (Å²) in [4.78, 5) is 18.4. The summed E-state index contributed by atoms with van der Waals surface area (Å²) >= 11 is 0. The molecule has 110 valence electrons. The molecule has 6 heteroatoms. The summed E-state index contributed by atoms with van der Waals surface area (Å²) in [6.45, 7) is 3.47. The van der Waals surface area contributed by atoms with Gasteiger partial charge in [0.15, 0.2) is 0 Å². The number of nitrogens with two attached hydrogens (primary N) is 1. The van der Waals surface area contributed by atoms with Crippen molar-refractivity contribution in [1.29, 1.82) is 0 Å². The number of rotatable bonds is 3. The number of amides is 1. The molecule has 21 heavy (non-hydrogen) atoms. The number of carbonyl (C=O) groups excluding carboxylic acids is 1. The minimum absolute atomic E-state index is 0.0728. The van der Waals surface area contributed by atoms with Gasteiger partial charge >= 0.3 is 0 Å². The predicted octanol–water partition coefficient (Wildman–Crippen LogP) is 1.08. The molecule has 1 aromatic heterocycles. The SMILES string of the molecule is CC1CC(CN)CN1C(=O)c1ccc(-n2cncn2)cc1. The fraction of sp³-hybridized carbons (Fsp3) is 0.400. The minimum atomic E-state index is 0.0728. The summed E-state index contributed by atoms with van der Waals surface area (Å²) in [7, 11) is 0. The topological polar surface area (TPSA) is 77.0 Å². The van der Waals surface area contributed by atoms with E-state index in [4.69, 9.17) is 5.73 Å². The van der Waals surface area contributed by atoms with Crippen LogP contribution < -0.4 is 5.73 Å². The van der Waals surface area contributed by atoms with E-state index in [0.29, 0.717) is 18.0 Å². The Labute approximate surface area is 123 Å². The molecule has 3 rings (SSSR count). The maximum atomic E-state index is 12.6. The van der Waals surface area contributed by atoms with Gasteiger partial charge in [-0.25, -0.2) is 9.67 Å². The van der Waals surface area contributed by atoms with Crippen molar-refractivity contribution in [3.63, 3.8) is 0 Å². The van der Waals surface area contributed by atoms with Crippen LogP contribution in [0, 0.1) is 5.92 Å². The van der Waals surface area contributed by atoms with Crippen LogP contribution in [0.2, 0.25) is 0 Å². The van der Waals surface area contributed by atoms with E-state index in [0.717, 1.165) is 18.7 Å². The second kappa shape index (κ2) is 5.65. The van der Waals surface area contributed by atoms with Gasteiger partial charge in [-0.3, -0.25) is 4.79 Å². The summed E-state index contributed by atoms with van der Waals surface area (Å²) in [5.74, 6) is 0.488. The van der Waals surface area contributed by atoms with Gasteiger partial charge in [0.05, 0.1) is 5.69 Å². The first-order valence-electron chi connectivity index (χ1n) is 7.15. The van der Waals surface area contributed by atoms with Gasteiger partial charge in [0.2, 0.25) is 0 Å². The first kappa shape index (κ1) is 13.8. The molecule has 1 aliphatic rings. The highest BCUT2D eigenvalue weighted by Gasteiger charge is 2.31. The fourth-order valence-electron chi connectivity index (χ4n) is 2.86. The van der Waals surface area contributed by atoms with Gasteiger partial charge in [0.1, 0.15) is 12.7 Å². The Morgan fingerprint density at radius 3 is 2.71 bits per heavy atom. The van der Waals surface area contributed by atoms with Gasteiger partial charge in [-0.15, -0.1) is 0 Å². The lowest BCUT2D eigenvalue weighted by atomic mass is 10.1. The van der Waals surface area contributed by atoms with Crippen LogP contribution in [0.3, 0.4) is 0 Å². The predicted molar refractivity (Wildman–Crippen MR) is 79.0 cm³/mol. The van der Waals surface area contributed by atoms with Crippen LogP contribution in [0.1, 0.15) is 23.7 Å². The summed E-state index contributed by atoms with van der Waals surface area (Å²) in [6.07, 6.45) is 4.10. The number of nitrogens with zero attached hydrogens (tertiary/aromatic N) is 4. The Hall–Kier alpha value is -2.21. The lowest BCUT2D eigenvalue weighted by Gasteiger charge is -2.21. The molecule has 2 aromatic rings. The first-order valence-corrected chi connectivity index (χ1v) is 7.15. The number of carbonyl (C=O) groups is 1. The van der Waals surface area contributed by atoms with E-state index in [2.05, 4.69) is 17.0 Å². The van der Waals surface area contributed by atoms with Crippen molar-refractivity contribution in [3.8, 4) is 5.69 Å². The number of benzene rings is 1. The van der Waals surface area contributed by atoms with E-state index in [9.17, 15) is 4.79 Å². The van der Waals surface area contributed by atoms with Crippen molar-refractivity contribution in [2.45, 2.75) is 19.4 Å². The van der Waals surface area contributed by atoms with Crippen LogP contribution in [0.5, 0.6) is 0 Å². The zero-order valence-corrected chi connectivity index (χ0v) is 12.0. The largest absolute Gasteiger partial charge is 0.336 e. The van der Waals surface area contributed by atoms with Gasteiger partial charge in [-0.2, -0.15) is 5.10 Å². The average Bonchev–Trinajstić information content (AvgIpc) is 3.16. The highest BCUT2D eigenvalue weighted by Crippen LogP contribution is 2.24. The first-order chi connectivity index (χ1) is 10.2. The zero-order valence-electron chi connectivity index (χ0n) is 12.0. The molecule has 0 bridgehead atoms. The zero-order chi connectivity index (χ0) is 14.8. The van der Waals surface area contributed by atoms with E-state index < -0.39 is 0 Å². The van der Waals surface area contributed by atoms with Crippen LogP contribution >= 0.6 is 0 Å².